The van der Waals surface area contributed by atoms with E-state index in [-0.39, 0.29) is 0 Å². The molecule has 8 heteroatoms. The zero-order chi connectivity index (χ0) is 18.4. The molecule has 0 amide bonds. The zero-order valence-electron chi connectivity index (χ0n) is 17.2. The van der Waals surface area contributed by atoms with Gasteiger partial charge >= 0.3 is 8.56 Å². The zero-order valence-corrected chi connectivity index (χ0v) is 21.2. The van der Waals surface area contributed by atoms with Crippen LogP contribution in [0.15, 0.2) is 0 Å². The van der Waals surface area contributed by atoms with Gasteiger partial charge in [-0.1, -0.05) is 0 Å². The van der Waals surface area contributed by atoms with Gasteiger partial charge in [-0.25, -0.2) is 0 Å². The van der Waals surface area contributed by atoms with Crippen molar-refractivity contribution in [2.45, 2.75) is 78.3 Å². The second-order valence-electron chi connectivity index (χ2n) is 8.91. The monoisotopic (exact) mass is 396 g/mol. The Morgan fingerprint density at radius 1 is 0.739 bits per heavy atom. The van der Waals surface area contributed by atoms with E-state index in [9.17, 15) is 0 Å². The fraction of sp³-hybridized carbons (Fsp3) is 1.00. The standard InChI is InChI=1S/C15H40O4Si4/c1-11-16-13-12-14-23(10,19-21(5,6)7)17-15-22(8,9)18-20(2,3)4/h11-15H2,1-10H3. The highest BCUT2D eigenvalue weighted by Gasteiger charge is 2.39. The van der Waals surface area contributed by atoms with Gasteiger partial charge in [0, 0.05) is 13.2 Å². The molecule has 0 N–H and O–H groups in total. The lowest BCUT2D eigenvalue weighted by Crippen LogP contribution is -2.53. The van der Waals surface area contributed by atoms with Gasteiger partial charge in [-0.05, 0) is 78.3 Å². The minimum absolute atomic E-state index is 0.735. The molecule has 4 nitrogen and oxygen atoms in total. The normalized spacial score (nSPS) is 16.4. The molecule has 140 valence electrons. The summed E-state index contributed by atoms with van der Waals surface area (Å²) in [6.07, 6.45) is 1.75. The van der Waals surface area contributed by atoms with Gasteiger partial charge < -0.3 is 17.4 Å². The molecule has 0 saturated carbocycles. The van der Waals surface area contributed by atoms with Crippen LogP contribution in [-0.4, -0.2) is 53.0 Å². The second kappa shape index (κ2) is 9.42. The first-order valence-electron chi connectivity index (χ1n) is 8.80. The van der Waals surface area contributed by atoms with Crippen LogP contribution in [-0.2, 0) is 17.4 Å². The summed E-state index contributed by atoms with van der Waals surface area (Å²) in [6.45, 7) is 23.8. The van der Waals surface area contributed by atoms with Gasteiger partial charge in [0.1, 0.15) is 0 Å². The minimum atomic E-state index is -2.17. The summed E-state index contributed by atoms with van der Waals surface area (Å²) in [5.41, 5.74) is 0. The van der Waals surface area contributed by atoms with Gasteiger partial charge in [0.25, 0.3) is 0 Å². The van der Waals surface area contributed by atoms with Crippen LogP contribution in [0.2, 0.25) is 65.0 Å². The fourth-order valence-corrected chi connectivity index (χ4v) is 18.9. The van der Waals surface area contributed by atoms with Crippen molar-refractivity contribution in [3.63, 3.8) is 0 Å². The maximum Gasteiger partial charge on any atom is 0.324 e. The number of rotatable bonds is 12. The van der Waals surface area contributed by atoms with E-state index >= 15 is 0 Å². The Balaban J connectivity index is 4.74. The lowest BCUT2D eigenvalue weighted by atomic mass is 10.5. The number of hydrogen-bond donors (Lipinski definition) is 0. The largest absolute Gasteiger partial charge is 0.454 e. The van der Waals surface area contributed by atoms with E-state index in [4.69, 9.17) is 17.4 Å². The van der Waals surface area contributed by atoms with Crippen LogP contribution in [0.25, 0.3) is 0 Å². The average molecular weight is 397 g/mol. The molecular weight excluding hydrogens is 357 g/mol. The van der Waals surface area contributed by atoms with Crippen molar-refractivity contribution in [1.82, 2.24) is 0 Å². The average Bonchev–Trinajstić information content (AvgIpc) is 2.28. The minimum Gasteiger partial charge on any atom is -0.454 e. The first-order chi connectivity index (χ1) is 10.2. The summed E-state index contributed by atoms with van der Waals surface area (Å²) in [5, 5.41) is 0. The molecule has 1 atom stereocenters. The van der Waals surface area contributed by atoms with Gasteiger partial charge in [-0.3, -0.25) is 0 Å². The van der Waals surface area contributed by atoms with Crippen molar-refractivity contribution < 1.29 is 17.4 Å². The van der Waals surface area contributed by atoms with Crippen molar-refractivity contribution in [1.29, 1.82) is 0 Å². The first-order valence-corrected chi connectivity index (χ1v) is 21.3. The molecule has 0 aromatic carbocycles. The van der Waals surface area contributed by atoms with E-state index in [0.717, 1.165) is 31.9 Å². The topological polar surface area (TPSA) is 36.9 Å². The smallest absolute Gasteiger partial charge is 0.324 e. The molecule has 0 aliphatic heterocycles. The van der Waals surface area contributed by atoms with E-state index in [1.54, 1.807) is 0 Å². The summed E-state index contributed by atoms with van der Waals surface area (Å²) >= 11 is 0. The molecule has 1 unspecified atom stereocenters. The van der Waals surface area contributed by atoms with Gasteiger partial charge in [0.15, 0.2) is 25.0 Å². The molecule has 0 fully saturated rings. The highest BCUT2D eigenvalue weighted by molar-refractivity contribution is 6.85. The van der Waals surface area contributed by atoms with E-state index in [1.165, 1.54) is 0 Å². The summed E-state index contributed by atoms with van der Waals surface area (Å²) in [7, 11) is -7.12. The van der Waals surface area contributed by atoms with Crippen molar-refractivity contribution in [3.05, 3.63) is 0 Å². The molecule has 23 heavy (non-hydrogen) atoms. The van der Waals surface area contributed by atoms with Crippen LogP contribution in [0, 0.1) is 0 Å². The molecule has 0 aromatic heterocycles. The third-order valence-electron chi connectivity index (χ3n) is 2.95. The summed E-state index contributed by atoms with van der Waals surface area (Å²) < 4.78 is 24.8. The van der Waals surface area contributed by atoms with Crippen LogP contribution in [0.1, 0.15) is 13.3 Å². The second-order valence-corrected chi connectivity index (χ2v) is 25.9. The maximum atomic E-state index is 6.51. The predicted octanol–water partition coefficient (Wildman–Crippen LogP) is 4.95. The van der Waals surface area contributed by atoms with E-state index in [2.05, 4.69) is 58.9 Å². The van der Waals surface area contributed by atoms with Crippen molar-refractivity contribution in [2.24, 2.45) is 0 Å². The molecule has 0 spiro atoms. The molecule has 0 aliphatic rings. The van der Waals surface area contributed by atoms with Crippen molar-refractivity contribution in [3.8, 4) is 0 Å². The van der Waals surface area contributed by atoms with Crippen LogP contribution in [0.4, 0.5) is 0 Å². The first kappa shape index (κ1) is 23.7. The molecule has 0 radical (unpaired) electrons. The lowest BCUT2D eigenvalue weighted by molar-refractivity contribution is 0.145. The van der Waals surface area contributed by atoms with Crippen LogP contribution >= 0.6 is 0 Å². The fourth-order valence-electron chi connectivity index (χ4n) is 2.62. The molecule has 0 aliphatic carbocycles. The predicted molar refractivity (Wildman–Crippen MR) is 110 cm³/mol. The Hall–Kier alpha value is 0.708. The summed E-state index contributed by atoms with van der Waals surface area (Å²) in [4.78, 5) is 0. The Labute approximate surface area is 148 Å². The maximum absolute atomic E-state index is 6.51. The molecule has 0 saturated heterocycles. The number of ether oxygens (including phenoxy) is 1. The van der Waals surface area contributed by atoms with Crippen molar-refractivity contribution >= 4 is 33.5 Å². The molecule has 0 bridgehead atoms. The highest BCUT2D eigenvalue weighted by atomic mass is 28.4. The van der Waals surface area contributed by atoms with Crippen LogP contribution in [0.5, 0.6) is 0 Å². The number of hydrogen-bond acceptors (Lipinski definition) is 4. The van der Waals surface area contributed by atoms with Crippen LogP contribution in [0.3, 0.4) is 0 Å². The van der Waals surface area contributed by atoms with Crippen LogP contribution < -0.4 is 0 Å². The van der Waals surface area contributed by atoms with Gasteiger partial charge in [-0.2, -0.15) is 0 Å². The Kier molecular flexibility index (Phi) is 9.71. The summed E-state index contributed by atoms with van der Waals surface area (Å²) in [5.74, 6) is 0. The SMILES string of the molecule is CCOCCC[Si](C)(OC[Si](C)(C)O[Si](C)(C)C)O[Si](C)(C)C. The third kappa shape index (κ3) is 13.7. The highest BCUT2D eigenvalue weighted by Crippen LogP contribution is 2.24. The van der Waals surface area contributed by atoms with Crippen molar-refractivity contribution in [2.75, 3.05) is 19.4 Å². The Morgan fingerprint density at radius 3 is 1.70 bits per heavy atom. The molecule has 0 rings (SSSR count). The molecular formula is C15H40O4Si4. The van der Waals surface area contributed by atoms with Gasteiger partial charge in [0.2, 0.25) is 0 Å². The summed E-state index contributed by atoms with van der Waals surface area (Å²) in [6, 6.07) is 0.995. The van der Waals surface area contributed by atoms with Gasteiger partial charge in [0.05, 0.1) is 6.23 Å². The van der Waals surface area contributed by atoms with Gasteiger partial charge in [-0.15, -0.1) is 0 Å². The Bertz CT molecular complexity index is 339. The quantitative estimate of drug-likeness (QED) is 0.345. The lowest BCUT2D eigenvalue weighted by Gasteiger charge is -2.38. The molecule has 0 heterocycles. The third-order valence-corrected chi connectivity index (χ3v) is 14.9. The van der Waals surface area contributed by atoms with E-state index in [1.807, 2.05) is 6.92 Å². The van der Waals surface area contributed by atoms with E-state index < -0.39 is 33.5 Å². The Morgan fingerprint density at radius 2 is 1.26 bits per heavy atom. The van der Waals surface area contributed by atoms with E-state index in [0.29, 0.717) is 0 Å². The molecule has 0 aromatic rings.